The molecule has 1 fully saturated rings. The first kappa shape index (κ1) is 16.6. The second-order valence-corrected chi connectivity index (χ2v) is 7.20. The molecule has 2 amide bonds. The zero-order chi connectivity index (χ0) is 16.5. The quantitative estimate of drug-likeness (QED) is 0.674. The predicted octanol–water partition coefficient (Wildman–Crippen LogP) is 2.41. The van der Waals surface area contributed by atoms with E-state index in [0.717, 1.165) is 0 Å². The molecular formula is C17H26N2O3. The van der Waals surface area contributed by atoms with Gasteiger partial charge in [0.25, 0.3) is 0 Å². The highest BCUT2D eigenvalue weighted by atomic mass is 16.3. The fourth-order valence-electron chi connectivity index (χ4n) is 3.14. The van der Waals surface area contributed by atoms with Crippen LogP contribution < -0.4 is 10.6 Å². The zero-order valence-electron chi connectivity index (χ0n) is 13.7. The summed E-state index contributed by atoms with van der Waals surface area (Å²) in [5.41, 5.74) is 1.05. The molecule has 5 heteroatoms. The van der Waals surface area contributed by atoms with Crippen LogP contribution in [0.2, 0.25) is 0 Å². The minimum atomic E-state index is -0.841. The summed E-state index contributed by atoms with van der Waals surface area (Å²) in [5.74, 6) is 0.556. The largest absolute Gasteiger partial charge is 0.508 e. The minimum absolute atomic E-state index is 0.0965. The van der Waals surface area contributed by atoms with Crippen molar-refractivity contribution in [3.63, 3.8) is 0 Å². The van der Waals surface area contributed by atoms with E-state index < -0.39 is 6.10 Å². The molecule has 22 heavy (non-hydrogen) atoms. The average Bonchev–Trinajstić information content (AvgIpc) is 2.83. The van der Waals surface area contributed by atoms with Gasteiger partial charge in [0.15, 0.2) is 0 Å². The highest BCUT2D eigenvalue weighted by Gasteiger charge is 2.64. The van der Waals surface area contributed by atoms with Gasteiger partial charge >= 0.3 is 6.03 Å². The van der Waals surface area contributed by atoms with E-state index in [9.17, 15) is 15.0 Å². The van der Waals surface area contributed by atoms with Crippen LogP contribution in [0.4, 0.5) is 4.79 Å². The Morgan fingerprint density at radius 2 is 1.86 bits per heavy atom. The predicted molar refractivity (Wildman–Crippen MR) is 85.5 cm³/mol. The molecule has 0 radical (unpaired) electrons. The van der Waals surface area contributed by atoms with Crippen molar-refractivity contribution in [1.29, 1.82) is 0 Å². The summed E-state index contributed by atoms with van der Waals surface area (Å²) in [5, 5.41) is 24.9. The number of aliphatic hydroxyl groups excluding tert-OH is 1. The Bertz CT molecular complexity index is 541. The van der Waals surface area contributed by atoms with Crippen molar-refractivity contribution in [1.82, 2.24) is 10.6 Å². The Labute approximate surface area is 131 Å². The maximum atomic E-state index is 11.8. The smallest absolute Gasteiger partial charge is 0.314 e. The number of hydrogen-bond acceptors (Lipinski definition) is 3. The summed E-state index contributed by atoms with van der Waals surface area (Å²) in [6, 6.07) is 6.11. The lowest BCUT2D eigenvalue weighted by Gasteiger charge is -2.13. The van der Waals surface area contributed by atoms with E-state index in [2.05, 4.69) is 38.3 Å². The van der Waals surface area contributed by atoms with Gasteiger partial charge in [0.05, 0.1) is 6.10 Å². The van der Waals surface area contributed by atoms with Crippen LogP contribution in [-0.4, -0.2) is 29.3 Å². The van der Waals surface area contributed by atoms with Crippen LogP contribution in [0.25, 0.3) is 0 Å². The van der Waals surface area contributed by atoms with Crippen molar-refractivity contribution in [2.24, 2.45) is 16.7 Å². The van der Waals surface area contributed by atoms with Gasteiger partial charge in [-0.25, -0.2) is 4.79 Å². The molecule has 0 bridgehead atoms. The normalized spacial score (nSPS) is 20.2. The first-order valence-corrected chi connectivity index (χ1v) is 7.65. The standard InChI is InChI=1S/C17H26N2O3/c1-16(2)14(17(16,3)4)10-19-15(22)18-9-13(21)11-6-5-7-12(20)8-11/h5-8,13-14,20-21H,9-10H2,1-4H3,(H2,18,19,22). The number of phenolic OH excluding ortho intramolecular Hbond substituents is 1. The third-order valence-corrected chi connectivity index (χ3v) is 5.50. The number of phenols is 1. The summed E-state index contributed by atoms with van der Waals surface area (Å²) in [4.78, 5) is 11.8. The topological polar surface area (TPSA) is 81.6 Å². The van der Waals surface area contributed by atoms with Gasteiger partial charge < -0.3 is 20.8 Å². The molecule has 1 saturated carbocycles. The Balaban J connectivity index is 1.75. The molecule has 1 aromatic carbocycles. The molecule has 5 nitrogen and oxygen atoms in total. The maximum absolute atomic E-state index is 11.8. The molecule has 0 spiro atoms. The van der Waals surface area contributed by atoms with Crippen LogP contribution in [0, 0.1) is 16.7 Å². The van der Waals surface area contributed by atoms with E-state index >= 15 is 0 Å². The lowest BCUT2D eigenvalue weighted by atomic mass is 10.0. The molecule has 0 heterocycles. The summed E-state index contributed by atoms with van der Waals surface area (Å²) in [6.45, 7) is 9.58. The fourth-order valence-corrected chi connectivity index (χ4v) is 3.14. The van der Waals surface area contributed by atoms with Crippen molar-refractivity contribution in [3.8, 4) is 5.75 Å². The van der Waals surface area contributed by atoms with Gasteiger partial charge in [-0.1, -0.05) is 39.8 Å². The van der Waals surface area contributed by atoms with Gasteiger partial charge in [-0.3, -0.25) is 0 Å². The van der Waals surface area contributed by atoms with Crippen molar-refractivity contribution in [3.05, 3.63) is 29.8 Å². The van der Waals surface area contributed by atoms with Gasteiger partial charge in [-0.2, -0.15) is 0 Å². The number of rotatable bonds is 5. The van der Waals surface area contributed by atoms with Crippen LogP contribution in [0.15, 0.2) is 24.3 Å². The van der Waals surface area contributed by atoms with Gasteiger partial charge in [0.1, 0.15) is 5.75 Å². The van der Waals surface area contributed by atoms with E-state index in [-0.39, 0.29) is 29.2 Å². The number of carbonyl (C=O) groups excluding carboxylic acids is 1. The van der Waals surface area contributed by atoms with Gasteiger partial charge in [0.2, 0.25) is 0 Å². The first-order chi connectivity index (χ1) is 10.2. The molecule has 1 aliphatic carbocycles. The molecule has 0 aliphatic heterocycles. The number of hydrogen-bond donors (Lipinski definition) is 4. The second-order valence-electron chi connectivity index (χ2n) is 7.20. The van der Waals surface area contributed by atoms with Crippen molar-refractivity contribution in [2.75, 3.05) is 13.1 Å². The lowest BCUT2D eigenvalue weighted by Crippen LogP contribution is -2.39. The zero-order valence-corrected chi connectivity index (χ0v) is 13.7. The number of nitrogens with one attached hydrogen (secondary N) is 2. The summed E-state index contributed by atoms with van der Waals surface area (Å²) in [6.07, 6.45) is -0.841. The third kappa shape index (κ3) is 3.19. The lowest BCUT2D eigenvalue weighted by molar-refractivity contribution is 0.172. The second kappa shape index (κ2) is 5.80. The first-order valence-electron chi connectivity index (χ1n) is 7.65. The highest BCUT2D eigenvalue weighted by Crippen LogP contribution is 2.67. The Morgan fingerprint density at radius 1 is 1.23 bits per heavy atom. The average molecular weight is 306 g/mol. The molecule has 1 unspecified atom stereocenters. The summed E-state index contributed by atoms with van der Waals surface area (Å²) >= 11 is 0. The van der Waals surface area contributed by atoms with Crippen LogP contribution in [0.5, 0.6) is 5.75 Å². The highest BCUT2D eigenvalue weighted by molar-refractivity contribution is 5.73. The Morgan fingerprint density at radius 3 is 2.41 bits per heavy atom. The van der Waals surface area contributed by atoms with Crippen LogP contribution in [-0.2, 0) is 0 Å². The number of urea groups is 1. The molecular weight excluding hydrogens is 280 g/mol. The SMILES string of the molecule is CC1(C)C(CNC(=O)NCC(O)c2cccc(O)c2)C1(C)C. The number of amides is 2. The van der Waals surface area contributed by atoms with E-state index in [0.29, 0.717) is 18.0 Å². The molecule has 1 aromatic rings. The van der Waals surface area contributed by atoms with Crippen LogP contribution in [0.3, 0.4) is 0 Å². The van der Waals surface area contributed by atoms with E-state index in [1.54, 1.807) is 12.1 Å². The minimum Gasteiger partial charge on any atom is -0.508 e. The van der Waals surface area contributed by atoms with Gasteiger partial charge in [-0.05, 0) is 34.4 Å². The molecule has 0 saturated heterocycles. The molecule has 4 N–H and O–H groups in total. The number of carbonyl (C=O) groups is 1. The number of aromatic hydroxyl groups is 1. The van der Waals surface area contributed by atoms with E-state index in [1.165, 1.54) is 12.1 Å². The van der Waals surface area contributed by atoms with Crippen LogP contribution in [0.1, 0.15) is 39.4 Å². The number of aliphatic hydroxyl groups is 1. The molecule has 122 valence electrons. The van der Waals surface area contributed by atoms with Crippen molar-refractivity contribution < 1.29 is 15.0 Å². The van der Waals surface area contributed by atoms with E-state index in [4.69, 9.17) is 0 Å². The van der Waals surface area contributed by atoms with Gasteiger partial charge in [-0.15, -0.1) is 0 Å². The molecule has 0 aromatic heterocycles. The van der Waals surface area contributed by atoms with Gasteiger partial charge in [0, 0.05) is 13.1 Å². The number of benzene rings is 1. The van der Waals surface area contributed by atoms with E-state index in [1.807, 2.05) is 0 Å². The molecule has 1 aliphatic rings. The Hall–Kier alpha value is -1.75. The summed E-state index contributed by atoms with van der Waals surface area (Å²) in [7, 11) is 0. The molecule has 1 atom stereocenters. The van der Waals surface area contributed by atoms with Crippen molar-refractivity contribution in [2.45, 2.75) is 33.8 Å². The fraction of sp³-hybridized carbons (Fsp3) is 0.588. The monoisotopic (exact) mass is 306 g/mol. The molecule has 2 rings (SSSR count). The summed E-state index contributed by atoms with van der Waals surface area (Å²) < 4.78 is 0. The third-order valence-electron chi connectivity index (χ3n) is 5.50. The Kier molecular flexibility index (Phi) is 4.38. The van der Waals surface area contributed by atoms with Crippen molar-refractivity contribution >= 4 is 6.03 Å². The van der Waals surface area contributed by atoms with Crippen LogP contribution >= 0.6 is 0 Å². The maximum Gasteiger partial charge on any atom is 0.314 e.